The van der Waals surface area contributed by atoms with Crippen molar-refractivity contribution in [3.8, 4) is 11.4 Å². The fourth-order valence-electron chi connectivity index (χ4n) is 2.50. The molecule has 0 saturated heterocycles. The van der Waals surface area contributed by atoms with E-state index in [1.165, 1.54) is 0 Å². The molecule has 0 fully saturated rings. The van der Waals surface area contributed by atoms with Crippen LogP contribution in [0.3, 0.4) is 0 Å². The maximum atomic E-state index is 12.7. The monoisotopic (exact) mass is 380 g/mol. The second-order valence-electron chi connectivity index (χ2n) is 6.02. The quantitative estimate of drug-likeness (QED) is 0.662. The number of unbranched alkanes of at least 4 members (excludes halogenated alkanes) is 1. The van der Waals surface area contributed by atoms with Crippen LogP contribution < -0.4 is 15.8 Å². The molecular weight excluding hydrogens is 352 g/mol. The first-order chi connectivity index (χ1) is 12.2. The third kappa shape index (κ3) is 6.04. The Kier molecular flexibility index (Phi) is 9.76. The predicted octanol–water partition coefficient (Wildman–Crippen LogP) is 3.33. The van der Waals surface area contributed by atoms with E-state index in [4.69, 9.17) is 10.5 Å². The van der Waals surface area contributed by atoms with E-state index in [2.05, 4.69) is 17.3 Å². The van der Waals surface area contributed by atoms with Gasteiger partial charge in [0.2, 0.25) is 0 Å². The molecule has 26 heavy (non-hydrogen) atoms. The number of nitrogens with one attached hydrogen (secondary N) is 1. The summed E-state index contributed by atoms with van der Waals surface area (Å²) in [6.45, 7) is 5.09. The molecule has 2 rings (SSSR count). The molecule has 0 aliphatic rings. The van der Waals surface area contributed by atoms with Crippen molar-refractivity contribution in [2.45, 2.75) is 45.6 Å². The molecule has 1 amide bonds. The van der Waals surface area contributed by atoms with Crippen molar-refractivity contribution in [2.24, 2.45) is 5.73 Å². The van der Waals surface area contributed by atoms with E-state index >= 15 is 0 Å². The van der Waals surface area contributed by atoms with E-state index in [0.29, 0.717) is 24.6 Å². The van der Waals surface area contributed by atoms with Gasteiger partial charge in [-0.05, 0) is 25.0 Å². The molecule has 0 bridgehead atoms. The Labute approximate surface area is 161 Å². The fourth-order valence-corrected chi connectivity index (χ4v) is 2.50. The second-order valence-corrected chi connectivity index (χ2v) is 6.02. The molecule has 1 unspecified atom stereocenters. The highest BCUT2D eigenvalue weighted by molar-refractivity contribution is 5.95. The summed E-state index contributed by atoms with van der Waals surface area (Å²) in [6, 6.07) is 9.62. The van der Waals surface area contributed by atoms with E-state index in [1.807, 2.05) is 37.3 Å². The Morgan fingerprint density at radius 1 is 1.27 bits per heavy atom. The molecule has 1 aromatic heterocycles. The summed E-state index contributed by atoms with van der Waals surface area (Å²) in [5, 5.41) is 7.42. The minimum Gasteiger partial charge on any atom is -0.489 e. The zero-order valence-electron chi connectivity index (χ0n) is 15.5. The standard InChI is InChI=1S/C19H28N4O2.ClH/c1-3-5-9-15(13-20)21-19(24)18-17(25-12-4-2)14-23(22-18)16-10-7-6-8-11-16;/h6-8,10-11,14-15H,3-5,9,12-13,20H2,1-2H3,(H,21,24);1H. The number of para-hydroxylation sites is 1. The van der Waals surface area contributed by atoms with Crippen LogP contribution in [0.2, 0.25) is 0 Å². The smallest absolute Gasteiger partial charge is 0.275 e. The van der Waals surface area contributed by atoms with Gasteiger partial charge < -0.3 is 15.8 Å². The summed E-state index contributed by atoms with van der Waals surface area (Å²) in [5.74, 6) is 0.252. The molecule has 0 radical (unpaired) electrons. The van der Waals surface area contributed by atoms with Crippen LogP contribution in [0.25, 0.3) is 5.69 Å². The molecule has 1 atom stereocenters. The summed E-state index contributed by atoms with van der Waals surface area (Å²) in [6.07, 6.45) is 5.58. The lowest BCUT2D eigenvalue weighted by molar-refractivity contribution is 0.0926. The summed E-state index contributed by atoms with van der Waals surface area (Å²) >= 11 is 0. The van der Waals surface area contributed by atoms with Crippen LogP contribution in [-0.4, -0.2) is 34.9 Å². The number of carbonyl (C=O) groups excluding carboxylic acids is 1. The van der Waals surface area contributed by atoms with Gasteiger partial charge in [-0.15, -0.1) is 12.4 Å². The van der Waals surface area contributed by atoms with Gasteiger partial charge in [-0.3, -0.25) is 4.79 Å². The van der Waals surface area contributed by atoms with Crippen molar-refractivity contribution in [1.29, 1.82) is 0 Å². The number of nitrogens with zero attached hydrogens (tertiary/aromatic N) is 2. The predicted molar refractivity (Wildman–Crippen MR) is 106 cm³/mol. The average Bonchev–Trinajstić information content (AvgIpc) is 3.08. The van der Waals surface area contributed by atoms with Crippen molar-refractivity contribution in [3.05, 3.63) is 42.2 Å². The fraction of sp³-hybridized carbons (Fsp3) is 0.474. The molecule has 0 aliphatic heterocycles. The number of rotatable bonds is 10. The van der Waals surface area contributed by atoms with Crippen LogP contribution >= 0.6 is 12.4 Å². The van der Waals surface area contributed by atoms with Gasteiger partial charge in [0.25, 0.3) is 5.91 Å². The van der Waals surface area contributed by atoms with Gasteiger partial charge in [0, 0.05) is 12.6 Å². The van der Waals surface area contributed by atoms with Gasteiger partial charge >= 0.3 is 0 Å². The first-order valence-electron chi connectivity index (χ1n) is 8.98. The van der Waals surface area contributed by atoms with Crippen molar-refractivity contribution in [3.63, 3.8) is 0 Å². The van der Waals surface area contributed by atoms with Gasteiger partial charge in [0.05, 0.1) is 18.5 Å². The molecule has 1 aromatic carbocycles. The molecule has 3 N–H and O–H groups in total. The number of nitrogens with two attached hydrogens (primary N) is 1. The zero-order chi connectivity index (χ0) is 18.1. The normalized spacial score (nSPS) is 11.5. The third-order valence-electron chi connectivity index (χ3n) is 3.90. The SMILES string of the molecule is CCCCC(CN)NC(=O)c1nn(-c2ccccc2)cc1OCCC.Cl. The van der Waals surface area contributed by atoms with E-state index in [9.17, 15) is 4.79 Å². The number of halogens is 1. The average molecular weight is 381 g/mol. The molecule has 6 nitrogen and oxygen atoms in total. The highest BCUT2D eigenvalue weighted by Gasteiger charge is 2.21. The summed E-state index contributed by atoms with van der Waals surface area (Å²) in [7, 11) is 0. The number of benzene rings is 1. The van der Waals surface area contributed by atoms with Gasteiger partial charge in [-0.25, -0.2) is 4.68 Å². The van der Waals surface area contributed by atoms with Crippen molar-refractivity contribution in [2.75, 3.05) is 13.2 Å². The maximum Gasteiger partial charge on any atom is 0.275 e. The van der Waals surface area contributed by atoms with Crippen molar-refractivity contribution < 1.29 is 9.53 Å². The lowest BCUT2D eigenvalue weighted by Crippen LogP contribution is -2.40. The molecule has 1 heterocycles. The highest BCUT2D eigenvalue weighted by Crippen LogP contribution is 2.20. The van der Waals surface area contributed by atoms with Crippen LogP contribution in [0, 0.1) is 0 Å². The molecule has 0 saturated carbocycles. The van der Waals surface area contributed by atoms with Gasteiger partial charge in [-0.2, -0.15) is 5.10 Å². The van der Waals surface area contributed by atoms with Crippen LogP contribution in [-0.2, 0) is 0 Å². The Morgan fingerprint density at radius 2 is 2.00 bits per heavy atom. The van der Waals surface area contributed by atoms with Crippen molar-refractivity contribution in [1.82, 2.24) is 15.1 Å². The number of carbonyl (C=O) groups is 1. The Hall–Kier alpha value is -2.05. The van der Waals surface area contributed by atoms with Crippen LogP contribution in [0.4, 0.5) is 0 Å². The first-order valence-corrected chi connectivity index (χ1v) is 8.98. The van der Waals surface area contributed by atoms with E-state index < -0.39 is 0 Å². The molecule has 7 heteroatoms. The van der Waals surface area contributed by atoms with Gasteiger partial charge in [0.15, 0.2) is 11.4 Å². The minimum absolute atomic E-state index is 0. The highest BCUT2D eigenvalue weighted by atomic mass is 35.5. The lowest BCUT2D eigenvalue weighted by Gasteiger charge is -2.16. The van der Waals surface area contributed by atoms with Crippen molar-refractivity contribution >= 4 is 18.3 Å². The number of aromatic nitrogens is 2. The van der Waals surface area contributed by atoms with Crippen LogP contribution in [0.1, 0.15) is 50.0 Å². The number of ether oxygens (including phenoxy) is 1. The second kappa shape index (κ2) is 11.5. The Morgan fingerprint density at radius 3 is 2.62 bits per heavy atom. The third-order valence-corrected chi connectivity index (χ3v) is 3.90. The molecule has 0 spiro atoms. The topological polar surface area (TPSA) is 82.2 Å². The van der Waals surface area contributed by atoms with Crippen LogP contribution in [0.5, 0.6) is 5.75 Å². The number of hydrogen-bond donors (Lipinski definition) is 2. The lowest BCUT2D eigenvalue weighted by atomic mass is 10.1. The van der Waals surface area contributed by atoms with E-state index in [0.717, 1.165) is 31.4 Å². The number of hydrogen-bond acceptors (Lipinski definition) is 4. The largest absolute Gasteiger partial charge is 0.489 e. The Bertz CT molecular complexity index is 661. The number of amides is 1. The van der Waals surface area contributed by atoms with Gasteiger partial charge in [0.1, 0.15) is 0 Å². The molecular formula is C19H29ClN4O2. The van der Waals surface area contributed by atoms with Crippen LogP contribution in [0.15, 0.2) is 36.5 Å². The first kappa shape index (κ1) is 22.0. The summed E-state index contributed by atoms with van der Waals surface area (Å²) in [5.41, 5.74) is 6.96. The van der Waals surface area contributed by atoms with Gasteiger partial charge in [-0.1, -0.05) is 44.9 Å². The summed E-state index contributed by atoms with van der Waals surface area (Å²) in [4.78, 5) is 12.7. The zero-order valence-corrected chi connectivity index (χ0v) is 16.3. The summed E-state index contributed by atoms with van der Waals surface area (Å²) < 4.78 is 7.40. The molecule has 0 aliphatic carbocycles. The molecule has 144 valence electrons. The van der Waals surface area contributed by atoms with E-state index in [-0.39, 0.29) is 24.4 Å². The maximum absolute atomic E-state index is 12.7. The minimum atomic E-state index is -0.243. The van der Waals surface area contributed by atoms with E-state index in [1.54, 1.807) is 10.9 Å². The molecule has 2 aromatic rings. The Balaban J connectivity index is 0.00000338.